The number of H-pyrrole nitrogens is 1. The molecule has 8 heteroatoms. The van der Waals surface area contributed by atoms with Gasteiger partial charge in [0.2, 0.25) is 5.91 Å². The third-order valence-electron chi connectivity index (χ3n) is 4.02. The number of halogens is 2. The molecule has 116 valence electrons. The zero-order valence-corrected chi connectivity index (χ0v) is 11.7. The van der Waals surface area contributed by atoms with E-state index in [2.05, 4.69) is 20.2 Å². The third-order valence-corrected chi connectivity index (χ3v) is 4.02. The van der Waals surface area contributed by atoms with Gasteiger partial charge in [0.05, 0.1) is 19.1 Å². The number of hydrogen-bond acceptors (Lipinski definition) is 4. The minimum absolute atomic E-state index is 0.204. The second kappa shape index (κ2) is 5.69. The maximum absolute atomic E-state index is 13.1. The molecule has 1 unspecified atom stereocenters. The van der Waals surface area contributed by atoms with Gasteiger partial charge in [-0.05, 0) is 0 Å². The van der Waals surface area contributed by atoms with Gasteiger partial charge in [-0.25, -0.2) is 13.8 Å². The van der Waals surface area contributed by atoms with Crippen LogP contribution in [0.25, 0.3) is 0 Å². The molecule has 2 aliphatic heterocycles. The monoisotopic (exact) mass is 299 g/mol. The molecule has 21 heavy (non-hydrogen) atoms. The van der Waals surface area contributed by atoms with Crippen molar-refractivity contribution in [1.29, 1.82) is 0 Å². The van der Waals surface area contributed by atoms with Crippen molar-refractivity contribution in [3.8, 4) is 0 Å². The molecule has 0 bridgehead atoms. The van der Waals surface area contributed by atoms with Crippen molar-refractivity contribution in [2.45, 2.75) is 24.9 Å². The van der Waals surface area contributed by atoms with Gasteiger partial charge < -0.3 is 9.88 Å². The molecule has 2 aliphatic rings. The smallest absolute Gasteiger partial charge is 0.262 e. The highest BCUT2D eigenvalue weighted by Gasteiger charge is 2.43. The summed E-state index contributed by atoms with van der Waals surface area (Å²) in [7, 11) is 0. The fraction of sp³-hybridized carbons (Fsp3) is 0.692. The number of carbonyl (C=O) groups excluding carboxylic acids is 1. The van der Waals surface area contributed by atoms with Crippen LogP contribution in [0.4, 0.5) is 8.78 Å². The third kappa shape index (κ3) is 3.38. The molecule has 0 aromatic carbocycles. The number of aromatic amines is 1. The summed E-state index contributed by atoms with van der Waals surface area (Å²) in [6.07, 6.45) is 3.10. The number of piperazine rings is 1. The van der Waals surface area contributed by atoms with E-state index < -0.39 is 24.9 Å². The lowest BCUT2D eigenvalue weighted by molar-refractivity contribution is -0.135. The molecule has 1 amide bonds. The number of nitrogens with one attached hydrogen (secondary N) is 2. The first kappa shape index (κ1) is 14.4. The highest BCUT2D eigenvalue weighted by atomic mass is 19.3. The fourth-order valence-electron chi connectivity index (χ4n) is 2.83. The van der Waals surface area contributed by atoms with Gasteiger partial charge in [-0.3, -0.25) is 15.0 Å². The highest BCUT2D eigenvalue weighted by molar-refractivity contribution is 5.82. The van der Waals surface area contributed by atoms with E-state index in [9.17, 15) is 13.6 Å². The van der Waals surface area contributed by atoms with Gasteiger partial charge in [0, 0.05) is 45.0 Å². The van der Waals surface area contributed by atoms with Crippen LogP contribution >= 0.6 is 0 Å². The molecule has 6 nitrogen and oxygen atoms in total. The van der Waals surface area contributed by atoms with Crippen molar-refractivity contribution in [3.63, 3.8) is 0 Å². The zero-order chi connectivity index (χ0) is 14.9. The Balaban J connectivity index is 1.48. The lowest BCUT2D eigenvalue weighted by atomic mass is 10.1. The normalized spacial score (nSPS) is 26.2. The Morgan fingerprint density at radius 2 is 2.14 bits per heavy atom. The number of hydrogen-bond donors (Lipinski definition) is 2. The number of rotatable bonds is 3. The SMILES string of the molecule is O=C(C1CC(F)(F)CN1)N1CCN(Cc2ncc[nH]2)CC1. The van der Waals surface area contributed by atoms with Crippen molar-refractivity contribution in [3.05, 3.63) is 18.2 Å². The Labute approximate surface area is 121 Å². The molecule has 0 spiro atoms. The Hall–Kier alpha value is -1.54. The lowest BCUT2D eigenvalue weighted by Crippen LogP contribution is -2.52. The molecule has 1 aromatic rings. The van der Waals surface area contributed by atoms with Crippen molar-refractivity contribution in [1.82, 2.24) is 25.1 Å². The van der Waals surface area contributed by atoms with Crippen LogP contribution in [0.3, 0.4) is 0 Å². The number of nitrogens with zero attached hydrogens (tertiary/aromatic N) is 3. The molecular weight excluding hydrogens is 280 g/mol. The lowest BCUT2D eigenvalue weighted by Gasteiger charge is -2.35. The van der Waals surface area contributed by atoms with E-state index in [0.717, 1.165) is 25.5 Å². The van der Waals surface area contributed by atoms with E-state index in [1.54, 1.807) is 17.3 Å². The Bertz CT molecular complexity index is 485. The molecule has 3 heterocycles. The zero-order valence-electron chi connectivity index (χ0n) is 11.7. The van der Waals surface area contributed by atoms with Crippen molar-refractivity contribution >= 4 is 5.91 Å². The molecule has 0 aliphatic carbocycles. The van der Waals surface area contributed by atoms with Crippen molar-refractivity contribution in [2.24, 2.45) is 0 Å². The summed E-state index contributed by atoms with van der Waals surface area (Å²) in [6.45, 7) is 2.92. The summed E-state index contributed by atoms with van der Waals surface area (Å²) in [5.74, 6) is -2.07. The first-order valence-electron chi connectivity index (χ1n) is 7.14. The summed E-state index contributed by atoms with van der Waals surface area (Å²) in [4.78, 5) is 23.3. The Morgan fingerprint density at radius 1 is 1.38 bits per heavy atom. The number of alkyl halides is 2. The van der Waals surface area contributed by atoms with Crippen LogP contribution < -0.4 is 5.32 Å². The van der Waals surface area contributed by atoms with Gasteiger partial charge >= 0.3 is 0 Å². The molecule has 3 rings (SSSR count). The molecule has 2 N–H and O–H groups in total. The minimum atomic E-state index is -2.76. The predicted octanol–water partition coefficient (Wildman–Crippen LogP) is 0.0511. The second-order valence-electron chi connectivity index (χ2n) is 5.63. The van der Waals surface area contributed by atoms with Crippen LogP contribution in [0.5, 0.6) is 0 Å². The van der Waals surface area contributed by atoms with E-state index >= 15 is 0 Å². The van der Waals surface area contributed by atoms with E-state index in [4.69, 9.17) is 0 Å². The molecule has 2 saturated heterocycles. The minimum Gasteiger partial charge on any atom is -0.348 e. The number of carbonyl (C=O) groups is 1. The van der Waals surface area contributed by atoms with Gasteiger partial charge in [-0.2, -0.15) is 0 Å². The van der Waals surface area contributed by atoms with Gasteiger partial charge in [0.15, 0.2) is 0 Å². The van der Waals surface area contributed by atoms with Crippen LogP contribution in [0.15, 0.2) is 12.4 Å². The average Bonchev–Trinajstić information content (AvgIpc) is 3.08. The summed E-state index contributed by atoms with van der Waals surface area (Å²) in [6, 6.07) is -0.739. The molecule has 1 atom stereocenters. The number of imidazole rings is 1. The van der Waals surface area contributed by atoms with E-state index in [1.807, 2.05) is 0 Å². The van der Waals surface area contributed by atoms with Gasteiger partial charge in [0.1, 0.15) is 5.82 Å². The highest BCUT2D eigenvalue weighted by Crippen LogP contribution is 2.26. The van der Waals surface area contributed by atoms with Gasteiger partial charge in [-0.1, -0.05) is 0 Å². The van der Waals surface area contributed by atoms with Crippen LogP contribution in [-0.4, -0.2) is 70.4 Å². The van der Waals surface area contributed by atoms with Gasteiger partial charge in [-0.15, -0.1) is 0 Å². The van der Waals surface area contributed by atoms with Crippen LogP contribution in [-0.2, 0) is 11.3 Å². The van der Waals surface area contributed by atoms with Gasteiger partial charge in [0.25, 0.3) is 5.92 Å². The topological polar surface area (TPSA) is 64.3 Å². The average molecular weight is 299 g/mol. The summed E-state index contributed by atoms with van der Waals surface area (Å²) < 4.78 is 26.3. The van der Waals surface area contributed by atoms with Crippen LogP contribution in [0, 0.1) is 0 Å². The Kier molecular flexibility index (Phi) is 3.90. The van der Waals surface area contributed by atoms with E-state index in [-0.39, 0.29) is 5.91 Å². The maximum atomic E-state index is 13.1. The van der Waals surface area contributed by atoms with Crippen LogP contribution in [0.2, 0.25) is 0 Å². The molecule has 1 aromatic heterocycles. The maximum Gasteiger partial charge on any atom is 0.262 e. The first-order chi connectivity index (χ1) is 10.0. The fourth-order valence-corrected chi connectivity index (χ4v) is 2.83. The first-order valence-corrected chi connectivity index (χ1v) is 7.14. The van der Waals surface area contributed by atoms with Crippen molar-refractivity contribution in [2.75, 3.05) is 32.7 Å². The number of amides is 1. The molecule has 0 saturated carbocycles. The Morgan fingerprint density at radius 3 is 2.71 bits per heavy atom. The molecule has 0 radical (unpaired) electrons. The summed E-state index contributed by atoms with van der Waals surface area (Å²) in [5, 5.41) is 2.62. The van der Waals surface area contributed by atoms with Crippen molar-refractivity contribution < 1.29 is 13.6 Å². The number of aromatic nitrogens is 2. The van der Waals surface area contributed by atoms with E-state index in [0.29, 0.717) is 13.1 Å². The summed E-state index contributed by atoms with van der Waals surface area (Å²) >= 11 is 0. The largest absolute Gasteiger partial charge is 0.348 e. The van der Waals surface area contributed by atoms with E-state index in [1.165, 1.54) is 0 Å². The predicted molar refractivity (Wildman–Crippen MR) is 71.8 cm³/mol. The van der Waals surface area contributed by atoms with Crippen LogP contribution in [0.1, 0.15) is 12.2 Å². The standard InChI is InChI=1S/C13H19F2N5O/c14-13(15)7-10(18-9-13)12(21)20-5-3-19(4-6-20)8-11-16-1-2-17-11/h1-2,10,18H,3-9H2,(H,16,17). The molecule has 2 fully saturated rings. The quantitative estimate of drug-likeness (QED) is 0.828. The second-order valence-corrected chi connectivity index (χ2v) is 5.63. The summed E-state index contributed by atoms with van der Waals surface area (Å²) in [5.41, 5.74) is 0. The molecular formula is C13H19F2N5O.